The number of aromatic amines is 1. The smallest absolute Gasteiger partial charge is 0.321 e. The zero-order chi connectivity index (χ0) is 21.7. The number of rotatable bonds is 8. The molecule has 6 nitrogen and oxygen atoms in total. The van der Waals surface area contributed by atoms with Crippen LogP contribution in [0.4, 0.5) is 0 Å². The lowest BCUT2D eigenvalue weighted by atomic mass is 9.80. The maximum atomic E-state index is 13.6. The Balaban J connectivity index is 2.21. The van der Waals surface area contributed by atoms with Gasteiger partial charge in [-0.2, -0.15) is 0 Å². The monoisotopic (exact) mass is 471 g/mol. The van der Waals surface area contributed by atoms with Gasteiger partial charge in [-0.25, -0.2) is 0 Å². The minimum atomic E-state index is -1.42. The number of ether oxygens (including phenoxy) is 2. The van der Waals surface area contributed by atoms with Gasteiger partial charge in [-0.3, -0.25) is 14.4 Å². The molecule has 0 fully saturated rings. The topological polar surface area (TPSA) is 85.5 Å². The maximum Gasteiger partial charge on any atom is 0.321 e. The maximum absolute atomic E-state index is 13.6. The Morgan fingerprint density at radius 3 is 2.20 bits per heavy atom. The number of carbonyl (C=O) groups excluding carboxylic acids is 3. The number of nitrogens with one attached hydrogen (secondary N) is 1. The van der Waals surface area contributed by atoms with Crippen molar-refractivity contribution in [3.05, 3.63) is 70.3 Å². The molecule has 0 unspecified atom stereocenters. The summed E-state index contributed by atoms with van der Waals surface area (Å²) >= 11 is 3.44. The van der Waals surface area contributed by atoms with Gasteiger partial charge in [0, 0.05) is 27.1 Å². The Hall–Kier alpha value is -2.93. The molecule has 0 spiro atoms. The van der Waals surface area contributed by atoms with Gasteiger partial charge >= 0.3 is 11.9 Å². The highest BCUT2D eigenvalue weighted by Crippen LogP contribution is 2.36. The summed E-state index contributed by atoms with van der Waals surface area (Å²) in [6.45, 7) is 3.47. The number of aromatic nitrogens is 1. The number of benzene rings is 2. The number of ketones is 1. The van der Waals surface area contributed by atoms with Crippen LogP contribution in [0.5, 0.6) is 0 Å². The summed E-state index contributed by atoms with van der Waals surface area (Å²) in [5.41, 5.74) is 1.71. The van der Waals surface area contributed by atoms with E-state index >= 15 is 0 Å². The molecular formula is C23H22BrNO5. The van der Waals surface area contributed by atoms with Gasteiger partial charge in [-0.1, -0.05) is 46.3 Å². The number of halogens is 1. The lowest BCUT2D eigenvalue weighted by Crippen LogP contribution is -2.37. The van der Waals surface area contributed by atoms with E-state index in [9.17, 15) is 14.4 Å². The quantitative estimate of drug-likeness (QED) is 0.293. The minimum Gasteiger partial charge on any atom is -0.465 e. The Labute approximate surface area is 182 Å². The standard InChI is InChI=1S/C23H22BrNO5/c1-3-29-22(27)20(23(28)30-4-2)19(21(26)14-8-6-5-7-9-14)17-13-25-18-11-10-15(24)12-16(17)18/h5-13,19-20,25H,3-4H2,1-2H3/t19-/m1/s1. The fourth-order valence-electron chi connectivity index (χ4n) is 3.46. The fraction of sp³-hybridized carbons (Fsp3) is 0.261. The Kier molecular flexibility index (Phi) is 7.05. The number of H-pyrrole nitrogens is 1. The predicted molar refractivity (Wildman–Crippen MR) is 116 cm³/mol. The highest BCUT2D eigenvalue weighted by molar-refractivity contribution is 9.10. The molecule has 1 atom stereocenters. The van der Waals surface area contributed by atoms with Crippen molar-refractivity contribution in [3.8, 4) is 0 Å². The van der Waals surface area contributed by atoms with Gasteiger partial charge in [-0.05, 0) is 37.6 Å². The molecule has 156 valence electrons. The van der Waals surface area contributed by atoms with E-state index in [1.54, 1.807) is 50.4 Å². The average molecular weight is 472 g/mol. The first kappa shape index (κ1) is 21.8. The lowest BCUT2D eigenvalue weighted by molar-refractivity contribution is -0.162. The van der Waals surface area contributed by atoms with Crippen molar-refractivity contribution < 1.29 is 23.9 Å². The van der Waals surface area contributed by atoms with Crippen LogP contribution in [0.3, 0.4) is 0 Å². The second-order valence-electron chi connectivity index (χ2n) is 6.62. The van der Waals surface area contributed by atoms with Gasteiger partial charge < -0.3 is 14.5 Å². The number of carbonyl (C=O) groups is 3. The molecule has 3 rings (SSSR count). The third-order valence-corrected chi connectivity index (χ3v) is 5.26. The van der Waals surface area contributed by atoms with E-state index in [1.807, 2.05) is 18.2 Å². The van der Waals surface area contributed by atoms with Crippen LogP contribution < -0.4 is 0 Å². The Bertz CT molecular complexity index is 1040. The number of Topliss-reactive ketones (excluding diaryl/α,β-unsaturated/α-hetero) is 1. The summed E-state index contributed by atoms with van der Waals surface area (Å²) in [5.74, 6) is -4.45. The SMILES string of the molecule is CCOC(=O)C(C(=O)OCC)[C@H](C(=O)c1ccccc1)c1c[nH]c2ccc(Br)cc12. The lowest BCUT2D eigenvalue weighted by Gasteiger charge is -2.23. The third kappa shape index (κ3) is 4.46. The minimum absolute atomic E-state index is 0.0837. The molecular weight excluding hydrogens is 450 g/mol. The number of hydrogen-bond donors (Lipinski definition) is 1. The van der Waals surface area contributed by atoms with E-state index in [0.717, 1.165) is 15.4 Å². The van der Waals surface area contributed by atoms with Crippen molar-refractivity contribution in [2.75, 3.05) is 13.2 Å². The highest BCUT2D eigenvalue weighted by atomic mass is 79.9. The largest absolute Gasteiger partial charge is 0.465 e. The van der Waals surface area contributed by atoms with Crippen molar-refractivity contribution in [3.63, 3.8) is 0 Å². The van der Waals surface area contributed by atoms with Gasteiger partial charge in [0.05, 0.1) is 19.1 Å². The molecule has 1 N–H and O–H groups in total. The van der Waals surface area contributed by atoms with E-state index in [2.05, 4.69) is 20.9 Å². The first-order valence-corrected chi connectivity index (χ1v) is 10.5. The molecule has 0 radical (unpaired) electrons. The summed E-state index contributed by atoms with van der Waals surface area (Å²) < 4.78 is 11.1. The molecule has 0 amide bonds. The van der Waals surface area contributed by atoms with Crippen LogP contribution in [0, 0.1) is 5.92 Å². The van der Waals surface area contributed by atoms with Crippen LogP contribution >= 0.6 is 15.9 Å². The zero-order valence-electron chi connectivity index (χ0n) is 16.7. The van der Waals surface area contributed by atoms with Crippen LogP contribution in [0.1, 0.15) is 35.7 Å². The second-order valence-corrected chi connectivity index (χ2v) is 7.54. The van der Waals surface area contributed by atoms with E-state index in [-0.39, 0.29) is 19.0 Å². The first-order valence-electron chi connectivity index (χ1n) is 9.67. The summed E-state index contributed by atoms with van der Waals surface area (Å²) in [4.78, 5) is 42.4. The molecule has 1 heterocycles. The van der Waals surface area contributed by atoms with Crippen molar-refractivity contribution in [1.82, 2.24) is 4.98 Å². The summed E-state index contributed by atoms with van der Waals surface area (Å²) in [5, 5.41) is 0.734. The van der Waals surface area contributed by atoms with E-state index in [1.165, 1.54) is 0 Å². The van der Waals surface area contributed by atoms with Crippen molar-refractivity contribution in [1.29, 1.82) is 0 Å². The molecule has 0 saturated carbocycles. The number of fused-ring (bicyclic) bond motifs is 1. The van der Waals surface area contributed by atoms with Crippen LogP contribution in [-0.4, -0.2) is 35.9 Å². The van der Waals surface area contributed by atoms with Crippen molar-refractivity contribution in [2.45, 2.75) is 19.8 Å². The van der Waals surface area contributed by atoms with E-state index in [4.69, 9.17) is 9.47 Å². The van der Waals surface area contributed by atoms with Crippen LogP contribution in [0.15, 0.2) is 59.2 Å². The second kappa shape index (κ2) is 9.71. The zero-order valence-corrected chi connectivity index (χ0v) is 18.3. The van der Waals surface area contributed by atoms with Crippen molar-refractivity contribution in [2.24, 2.45) is 5.92 Å². The molecule has 2 aromatic carbocycles. The normalized spacial score (nSPS) is 12.0. The van der Waals surface area contributed by atoms with E-state index < -0.39 is 23.8 Å². The van der Waals surface area contributed by atoms with Gasteiger partial charge in [-0.15, -0.1) is 0 Å². The Morgan fingerprint density at radius 1 is 0.967 bits per heavy atom. The number of hydrogen-bond acceptors (Lipinski definition) is 5. The molecule has 7 heteroatoms. The molecule has 0 aliphatic heterocycles. The van der Waals surface area contributed by atoms with E-state index in [0.29, 0.717) is 11.1 Å². The summed E-state index contributed by atoms with van der Waals surface area (Å²) in [6.07, 6.45) is 1.66. The van der Waals surface area contributed by atoms with Crippen LogP contribution in [-0.2, 0) is 19.1 Å². The van der Waals surface area contributed by atoms with Crippen LogP contribution in [0.2, 0.25) is 0 Å². The van der Waals surface area contributed by atoms with Gasteiger partial charge in [0.2, 0.25) is 0 Å². The van der Waals surface area contributed by atoms with Crippen molar-refractivity contribution >= 4 is 44.6 Å². The third-order valence-electron chi connectivity index (χ3n) is 4.77. The molecule has 0 bridgehead atoms. The van der Waals surface area contributed by atoms with Gasteiger partial charge in [0.15, 0.2) is 11.7 Å². The highest BCUT2D eigenvalue weighted by Gasteiger charge is 2.43. The molecule has 1 aromatic heterocycles. The molecule has 30 heavy (non-hydrogen) atoms. The fourth-order valence-corrected chi connectivity index (χ4v) is 3.82. The van der Waals surface area contributed by atoms with Crippen LogP contribution in [0.25, 0.3) is 10.9 Å². The first-order chi connectivity index (χ1) is 14.5. The Morgan fingerprint density at radius 2 is 1.60 bits per heavy atom. The molecule has 0 saturated heterocycles. The average Bonchev–Trinajstić information content (AvgIpc) is 3.15. The van der Waals surface area contributed by atoms with Gasteiger partial charge in [0.25, 0.3) is 0 Å². The van der Waals surface area contributed by atoms with Gasteiger partial charge in [0.1, 0.15) is 0 Å². The predicted octanol–water partition coefficient (Wildman–Crippen LogP) is 4.64. The molecule has 0 aliphatic rings. The summed E-state index contributed by atoms with van der Waals surface area (Å²) in [6, 6.07) is 14.2. The summed E-state index contributed by atoms with van der Waals surface area (Å²) in [7, 11) is 0. The molecule has 3 aromatic rings. The molecule has 0 aliphatic carbocycles. The number of esters is 2.